The maximum absolute atomic E-state index is 14.0. The van der Waals surface area contributed by atoms with Gasteiger partial charge in [-0.3, -0.25) is 0 Å². The van der Waals surface area contributed by atoms with Gasteiger partial charge in [-0.05, 0) is 44.9 Å². The van der Waals surface area contributed by atoms with Crippen LogP contribution in [0.3, 0.4) is 0 Å². The molecule has 23 heavy (non-hydrogen) atoms. The highest BCUT2D eigenvalue weighted by Gasteiger charge is 2.31. The van der Waals surface area contributed by atoms with Crippen LogP contribution in [-0.4, -0.2) is 42.8 Å². The highest BCUT2D eigenvalue weighted by Crippen LogP contribution is 2.29. The van der Waals surface area contributed by atoms with E-state index in [0.717, 1.165) is 12.0 Å². The van der Waals surface area contributed by atoms with Crippen molar-refractivity contribution in [3.8, 4) is 0 Å². The minimum atomic E-state index is -0.698. The maximum atomic E-state index is 14.0. The van der Waals surface area contributed by atoms with Gasteiger partial charge in [0.25, 0.3) is 0 Å². The van der Waals surface area contributed by atoms with E-state index in [9.17, 15) is 14.0 Å². The summed E-state index contributed by atoms with van der Waals surface area (Å²) in [6.07, 6.45) is 0.377. The average molecular weight is 323 g/mol. The number of ether oxygens (including phenoxy) is 2. The first-order chi connectivity index (χ1) is 10.7. The molecule has 2 rings (SSSR count). The first-order valence-electron chi connectivity index (χ1n) is 7.57. The molecule has 0 aliphatic carbocycles. The highest BCUT2D eigenvalue weighted by molar-refractivity contribution is 5.89. The molecule has 5 nitrogen and oxygen atoms in total. The van der Waals surface area contributed by atoms with Crippen LogP contribution in [0.2, 0.25) is 0 Å². The molecule has 0 bridgehead atoms. The van der Waals surface area contributed by atoms with E-state index in [1.165, 1.54) is 19.2 Å². The second-order valence-electron chi connectivity index (χ2n) is 6.64. The molecule has 1 atom stereocenters. The third-order valence-corrected chi connectivity index (χ3v) is 3.71. The van der Waals surface area contributed by atoms with Crippen LogP contribution < -0.4 is 0 Å². The van der Waals surface area contributed by atoms with Gasteiger partial charge in [0.05, 0.1) is 12.7 Å². The molecule has 6 heteroatoms. The molecule has 1 aromatic carbocycles. The quantitative estimate of drug-likeness (QED) is 0.783. The van der Waals surface area contributed by atoms with Gasteiger partial charge in [-0.25, -0.2) is 14.0 Å². The summed E-state index contributed by atoms with van der Waals surface area (Å²) in [6, 6.07) is 4.47. The molecular weight excluding hydrogens is 301 g/mol. The summed E-state index contributed by atoms with van der Waals surface area (Å²) in [6.45, 7) is 6.50. The fraction of sp³-hybridized carbons (Fsp3) is 0.529. The Labute approximate surface area is 135 Å². The SMILES string of the molecule is COC(=O)c1ccc(C2CCN(C(=O)OC(C)(C)C)C2)cc1F. The molecule has 1 aliphatic heterocycles. The second-order valence-corrected chi connectivity index (χ2v) is 6.64. The Kier molecular flexibility index (Phi) is 4.92. The number of esters is 1. The fourth-order valence-electron chi connectivity index (χ4n) is 2.59. The number of amides is 1. The summed E-state index contributed by atoms with van der Waals surface area (Å²) in [5.74, 6) is -1.27. The zero-order valence-corrected chi connectivity index (χ0v) is 13.9. The molecule has 1 unspecified atom stereocenters. The largest absolute Gasteiger partial charge is 0.465 e. The Bertz CT molecular complexity index is 609. The van der Waals surface area contributed by atoms with E-state index in [1.54, 1.807) is 11.0 Å². The fourth-order valence-corrected chi connectivity index (χ4v) is 2.59. The van der Waals surface area contributed by atoms with Crippen LogP contribution in [0.25, 0.3) is 0 Å². The number of rotatable bonds is 2. The van der Waals surface area contributed by atoms with E-state index in [2.05, 4.69) is 4.74 Å². The van der Waals surface area contributed by atoms with Crippen LogP contribution in [0.5, 0.6) is 0 Å². The molecule has 0 N–H and O–H groups in total. The van der Waals surface area contributed by atoms with Gasteiger partial charge in [0.15, 0.2) is 0 Å². The summed E-state index contributed by atoms with van der Waals surface area (Å²) >= 11 is 0. The van der Waals surface area contributed by atoms with E-state index < -0.39 is 17.4 Å². The van der Waals surface area contributed by atoms with Crippen molar-refractivity contribution in [2.45, 2.75) is 38.7 Å². The maximum Gasteiger partial charge on any atom is 0.410 e. The van der Waals surface area contributed by atoms with Crippen LogP contribution in [0.15, 0.2) is 18.2 Å². The minimum Gasteiger partial charge on any atom is -0.465 e. The molecule has 1 amide bonds. The minimum absolute atomic E-state index is 0.0312. The van der Waals surface area contributed by atoms with E-state index in [4.69, 9.17) is 4.74 Å². The molecule has 1 aromatic rings. The Hall–Kier alpha value is -2.11. The molecule has 0 radical (unpaired) electrons. The number of benzene rings is 1. The predicted octanol–water partition coefficient (Wildman–Crippen LogP) is 3.34. The number of carbonyl (C=O) groups excluding carboxylic acids is 2. The van der Waals surface area contributed by atoms with Gasteiger partial charge in [0, 0.05) is 19.0 Å². The number of hydrogen-bond acceptors (Lipinski definition) is 4. The number of methoxy groups -OCH3 is 1. The number of halogens is 1. The number of hydrogen-bond donors (Lipinski definition) is 0. The van der Waals surface area contributed by atoms with Gasteiger partial charge < -0.3 is 14.4 Å². The summed E-state index contributed by atoms with van der Waals surface area (Å²) in [4.78, 5) is 25.1. The molecule has 0 spiro atoms. The van der Waals surface area contributed by atoms with Gasteiger partial charge in [-0.15, -0.1) is 0 Å². The Morgan fingerprint density at radius 1 is 1.30 bits per heavy atom. The lowest BCUT2D eigenvalue weighted by atomic mass is 9.97. The monoisotopic (exact) mass is 323 g/mol. The third-order valence-electron chi connectivity index (χ3n) is 3.71. The van der Waals surface area contributed by atoms with Crippen molar-refractivity contribution in [2.24, 2.45) is 0 Å². The number of carbonyl (C=O) groups is 2. The normalized spacial score (nSPS) is 18.0. The van der Waals surface area contributed by atoms with Crippen molar-refractivity contribution in [3.05, 3.63) is 35.1 Å². The topological polar surface area (TPSA) is 55.8 Å². The molecule has 0 saturated carbocycles. The van der Waals surface area contributed by atoms with Crippen molar-refractivity contribution in [1.82, 2.24) is 4.90 Å². The van der Waals surface area contributed by atoms with Crippen molar-refractivity contribution in [3.63, 3.8) is 0 Å². The van der Waals surface area contributed by atoms with Crippen LogP contribution in [0, 0.1) is 5.82 Å². The lowest BCUT2D eigenvalue weighted by Crippen LogP contribution is -2.35. The van der Waals surface area contributed by atoms with Crippen molar-refractivity contribution in [1.29, 1.82) is 0 Å². The van der Waals surface area contributed by atoms with Crippen LogP contribution >= 0.6 is 0 Å². The Morgan fingerprint density at radius 2 is 2.00 bits per heavy atom. The Morgan fingerprint density at radius 3 is 2.57 bits per heavy atom. The summed E-state index contributed by atoms with van der Waals surface area (Å²) in [5.41, 5.74) is 0.142. The van der Waals surface area contributed by atoms with Crippen molar-refractivity contribution >= 4 is 12.1 Å². The third kappa shape index (κ3) is 4.21. The second kappa shape index (κ2) is 6.56. The van der Waals surface area contributed by atoms with E-state index in [-0.39, 0.29) is 17.6 Å². The van der Waals surface area contributed by atoms with Crippen LogP contribution in [0.1, 0.15) is 49.0 Å². The van der Waals surface area contributed by atoms with Crippen molar-refractivity contribution < 1.29 is 23.5 Å². The highest BCUT2D eigenvalue weighted by atomic mass is 19.1. The van der Waals surface area contributed by atoms with Gasteiger partial charge in [0.2, 0.25) is 0 Å². The lowest BCUT2D eigenvalue weighted by Gasteiger charge is -2.24. The van der Waals surface area contributed by atoms with Gasteiger partial charge >= 0.3 is 12.1 Å². The molecule has 1 fully saturated rings. The predicted molar refractivity (Wildman–Crippen MR) is 82.9 cm³/mol. The molecule has 126 valence electrons. The molecular formula is C17H22FNO4. The molecule has 1 aliphatic rings. The van der Waals surface area contributed by atoms with E-state index >= 15 is 0 Å². The first kappa shape index (κ1) is 17.2. The first-order valence-corrected chi connectivity index (χ1v) is 7.57. The molecule has 1 heterocycles. The van der Waals surface area contributed by atoms with Crippen LogP contribution in [0.4, 0.5) is 9.18 Å². The Balaban J connectivity index is 2.06. The van der Waals surface area contributed by atoms with Crippen molar-refractivity contribution in [2.75, 3.05) is 20.2 Å². The summed E-state index contributed by atoms with van der Waals surface area (Å²) in [5, 5.41) is 0. The zero-order chi connectivity index (χ0) is 17.2. The number of likely N-dealkylation sites (tertiary alicyclic amines) is 1. The van der Waals surface area contributed by atoms with Crippen LogP contribution in [-0.2, 0) is 9.47 Å². The van der Waals surface area contributed by atoms with Gasteiger partial charge in [-0.1, -0.05) is 6.07 Å². The smallest absolute Gasteiger partial charge is 0.410 e. The van der Waals surface area contributed by atoms with E-state index in [0.29, 0.717) is 13.1 Å². The summed E-state index contributed by atoms with van der Waals surface area (Å²) < 4.78 is 23.9. The molecule has 1 saturated heterocycles. The lowest BCUT2D eigenvalue weighted by molar-refractivity contribution is 0.0292. The average Bonchev–Trinajstić information content (AvgIpc) is 2.94. The molecule has 0 aromatic heterocycles. The summed E-state index contributed by atoms with van der Waals surface area (Å²) in [7, 11) is 1.21. The standard InChI is InChI=1S/C17H22FNO4/c1-17(2,3)23-16(21)19-8-7-12(10-19)11-5-6-13(14(18)9-11)15(20)22-4/h5-6,9,12H,7-8,10H2,1-4H3. The zero-order valence-electron chi connectivity index (χ0n) is 13.9. The van der Waals surface area contributed by atoms with Gasteiger partial charge in [0.1, 0.15) is 11.4 Å². The van der Waals surface area contributed by atoms with Gasteiger partial charge in [-0.2, -0.15) is 0 Å². The van der Waals surface area contributed by atoms with E-state index in [1.807, 2.05) is 20.8 Å². The number of nitrogens with zero attached hydrogens (tertiary/aromatic N) is 1.